The van der Waals surface area contributed by atoms with Gasteiger partial charge in [-0.25, -0.2) is 4.39 Å². The predicted molar refractivity (Wildman–Crippen MR) is 137 cm³/mol. The summed E-state index contributed by atoms with van der Waals surface area (Å²) in [7, 11) is 3.47. The Morgan fingerprint density at radius 3 is 2.42 bits per heavy atom. The summed E-state index contributed by atoms with van der Waals surface area (Å²) >= 11 is 0. The van der Waals surface area contributed by atoms with Crippen LogP contribution in [0.3, 0.4) is 0 Å². The van der Waals surface area contributed by atoms with E-state index in [4.69, 9.17) is 0 Å². The van der Waals surface area contributed by atoms with Gasteiger partial charge < -0.3 is 14.4 Å². The standard InChI is InChI=1S/C28H33FN4O3/c1-18(2)31(5)28(36)26(34)21-8-11-25-23(14-21)24(17-30(25)4)27(35)33-13-12-32(15-19(33)3)16-20-6-9-22(29)10-7-20/h6-11,14,17-19H,12-13,15-16H2,1-5H3/t19-/m1/s1. The first kappa shape index (κ1) is 25.6. The van der Waals surface area contributed by atoms with Gasteiger partial charge in [-0.05, 0) is 56.7 Å². The SMILES string of the molecule is CC(C)N(C)C(=O)C(=O)c1ccc2c(c1)c(C(=O)N1CCN(Cc3ccc(F)cc3)C[C@H]1C)cn2C. The summed E-state index contributed by atoms with van der Waals surface area (Å²) in [6, 6.07) is 11.5. The van der Waals surface area contributed by atoms with Crippen molar-refractivity contribution >= 4 is 28.5 Å². The molecule has 36 heavy (non-hydrogen) atoms. The Morgan fingerprint density at radius 2 is 1.78 bits per heavy atom. The predicted octanol–water partition coefficient (Wildman–Crippen LogP) is 3.71. The van der Waals surface area contributed by atoms with Crippen LogP contribution in [-0.2, 0) is 18.4 Å². The number of hydrogen-bond donors (Lipinski definition) is 0. The zero-order chi connectivity index (χ0) is 26.1. The van der Waals surface area contributed by atoms with Crippen LogP contribution in [0.5, 0.6) is 0 Å². The van der Waals surface area contributed by atoms with Crippen molar-refractivity contribution in [3.63, 3.8) is 0 Å². The minimum absolute atomic E-state index is 0.0203. The highest BCUT2D eigenvalue weighted by atomic mass is 19.1. The minimum atomic E-state index is -0.585. The van der Waals surface area contributed by atoms with Crippen molar-refractivity contribution in [3.8, 4) is 0 Å². The molecule has 3 aromatic rings. The lowest BCUT2D eigenvalue weighted by atomic mass is 10.0. The van der Waals surface area contributed by atoms with Crippen LogP contribution in [-0.4, -0.2) is 75.6 Å². The maximum absolute atomic E-state index is 13.6. The fourth-order valence-electron chi connectivity index (χ4n) is 4.70. The largest absolute Gasteiger partial charge is 0.350 e. The lowest BCUT2D eigenvalue weighted by molar-refractivity contribution is -0.126. The molecule has 1 atom stereocenters. The molecule has 1 aliphatic heterocycles. The molecule has 0 bridgehead atoms. The molecule has 0 radical (unpaired) electrons. The number of carbonyl (C=O) groups excluding carboxylic acids is 3. The first-order valence-corrected chi connectivity index (χ1v) is 12.2. The maximum atomic E-state index is 13.6. The molecule has 7 nitrogen and oxygen atoms in total. The lowest BCUT2D eigenvalue weighted by Crippen LogP contribution is -2.53. The van der Waals surface area contributed by atoms with E-state index < -0.39 is 11.7 Å². The quantitative estimate of drug-likeness (QED) is 0.389. The number of amides is 2. The van der Waals surface area contributed by atoms with Gasteiger partial charge in [0.1, 0.15) is 5.82 Å². The number of ketones is 1. The fourth-order valence-corrected chi connectivity index (χ4v) is 4.70. The van der Waals surface area contributed by atoms with Crippen LogP contribution in [0, 0.1) is 5.82 Å². The number of aromatic nitrogens is 1. The number of halogens is 1. The molecular weight excluding hydrogens is 459 g/mol. The Hall–Kier alpha value is -3.52. The molecule has 1 aliphatic rings. The molecule has 0 N–H and O–H groups in total. The fraction of sp³-hybridized carbons (Fsp3) is 0.393. The van der Waals surface area contributed by atoms with Crippen molar-refractivity contribution in [3.05, 3.63) is 71.2 Å². The second-order valence-electron chi connectivity index (χ2n) is 9.93. The number of benzene rings is 2. The number of fused-ring (bicyclic) bond motifs is 1. The molecule has 8 heteroatoms. The molecule has 0 saturated carbocycles. The summed E-state index contributed by atoms with van der Waals surface area (Å²) in [6.07, 6.45) is 1.79. The Balaban J connectivity index is 1.54. The number of Topliss-reactive ketones (excluding diaryl/α,β-unsaturated/α-hetero) is 1. The minimum Gasteiger partial charge on any atom is -0.350 e. The molecular formula is C28H33FN4O3. The average Bonchev–Trinajstić information content (AvgIpc) is 3.19. The smallest absolute Gasteiger partial charge is 0.294 e. The Bertz CT molecular complexity index is 1300. The molecule has 2 heterocycles. The number of piperazine rings is 1. The second kappa shape index (κ2) is 10.2. The molecule has 1 fully saturated rings. The summed E-state index contributed by atoms with van der Waals surface area (Å²) in [5.74, 6) is -1.50. The maximum Gasteiger partial charge on any atom is 0.294 e. The van der Waals surface area contributed by atoms with Gasteiger partial charge in [0.2, 0.25) is 5.78 Å². The van der Waals surface area contributed by atoms with Crippen molar-refractivity contribution in [2.75, 3.05) is 26.7 Å². The Labute approximate surface area is 211 Å². The van der Waals surface area contributed by atoms with Crippen LogP contribution >= 0.6 is 0 Å². The molecule has 0 unspecified atom stereocenters. The van der Waals surface area contributed by atoms with Gasteiger partial charge >= 0.3 is 0 Å². The normalized spacial score (nSPS) is 16.5. The van der Waals surface area contributed by atoms with Gasteiger partial charge in [0.05, 0.1) is 5.56 Å². The molecule has 1 aromatic heterocycles. The summed E-state index contributed by atoms with van der Waals surface area (Å²) in [4.78, 5) is 44.6. The van der Waals surface area contributed by atoms with Gasteiger partial charge in [-0.15, -0.1) is 0 Å². The van der Waals surface area contributed by atoms with E-state index in [1.54, 1.807) is 43.6 Å². The molecule has 0 spiro atoms. The van der Waals surface area contributed by atoms with E-state index in [-0.39, 0.29) is 29.4 Å². The Morgan fingerprint density at radius 1 is 1.08 bits per heavy atom. The van der Waals surface area contributed by atoms with Crippen LogP contribution in [0.25, 0.3) is 10.9 Å². The molecule has 190 valence electrons. The highest BCUT2D eigenvalue weighted by molar-refractivity contribution is 6.43. The third-order valence-corrected chi connectivity index (χ3v) is 7.06. The number of carbonyl (C=O) groups is 3. The van der Waals surface area contributed by atoms with E-state index in [0.29, 0.717) is 37.1 Å². The van der Waals surface area contributed by atoms with Crippen molar-refractivity contribution in [2.24, 2.45) is 7.05 Å². The lowest BCUT2D eigenvalue weighted by Gasteiger charge is -2.40. The van der Waals surface area contributed by atoms with E-state index >= 15 is 0 Å². The highest BCUT2D eigenvalue weighted by Gasteiger charge is 2.30. The summed E-state index contributed by atoms with van der Waals surface area (Å²) in [5, 5.41) is 0.661. The highest BCUT2D eigenvalue weighted by Crippen LogP contribution is 2.26. The zero-order valence-corrected chi connectivity index (χ0v) is 21.5. The summed E-state index contributed by atoms with van der Waals surface area (Å²) in [5.41, 5.74) is 2.65. The zero-order valence-electron chi connectivity index (χ0n) is 21.5. The van der Waals surface area contributed by atoms with Crippen LogP contribution < -0.4 is 0 Å². The third kappa shape index (κ3) is 5.04. The number of nitrogens with zero attached hydrogens (tertiary/aromatic N) is 4. The van der Waals surface area contributed by atoms with Crippen molar-refractivity contribution in [1.82, 2.24) is 19.3 Å². The van der Waals surface area contributed by atoms with Crippen molar-refractivity contribution < 1.29 is 18.8 Å². The number of rotatable bonds is 6. The van der Waals surface area contributed by atoms with E-state index in [1.165, 1.54) is 17.0 Å². The topological polar surface area (TPSA) is 65.9 Å². The Kier molecular flexibility index (Phi) is 7.26. The third-order valence-electron chi connectivity index (χ3n) is 7.06. The van der Waals surface area contributed by atoms with Crippen LogP contribution in [0.2, 0.25) is 0 Å². The first-order chi connectivity index (χ1) is 17.1. The number of likely N-dealkylation sites (N-methyl/N-ethyl adjacent to an activating group) is 1. The summed E-state index contributed by atoms with van der Waals surface area (Å²) < 4.78 is 15.1. The molecule has 4 rings (SSSR count). The van der Waals surface area contributed by atoms with Crippen molar-refractivity contribution in [1.29, 1.82) is 0 Å². The second-order valence-corrected chi connectivity index (χ2v) is 9.93. The van der Waals surface area contributed by atoms with E-state index in [1.807, 2.05) is 37.3 Å². The van der Waals surface area contributed by atoms with Gasteiger partial charge in [0, 0.05) is 75.0 Å². The molecule has 2 amide bonds. The van der Waals surface area contributed by atoms with Crippen molar-refractivity contribution in [2.45, 2.75) is 39.4 Å². The van der Waals surface area contributed by atoms with Crippen LogP contribution in [0.1, 0.15) is 47.1 Å². The van der Waals surface area contributed by atoms with Crippen LogP contribution in [0.4, 0.5) is 4.39 Å². The van der Waals surface area contributed by atoms with E-state index in [9.17, 15) is 18.8 Å². The molecule has 2 aromatic carbocycles. The van der Waals surface area contributed by atoms with Gasteiger partial charge in [-0.3, -0.25) is 19.3 Å². The monoisotopic (exact) mass is 492 g/mol. The van der Waals surface area contributed by atoms with Crippen LogP contribution in [0.15, 0.2) is 48.7 Å². The van der Waals surface area contributed by atoms with Gasteiger partial charge in [-0.2, -0.15) is 0 Å². The molecule has 0 aliphatic carbocycles. The van der Waals surface area contributed by atoms with E-state index in [2.05, 4.69) is 4.90 Å². The molecule has 1 saturated heterocycles. The van der Waals surface area contributed by atoms with E-state index in [0.717, 1.165) is 11.1 Å². The van der Waals surface area contributed by atoms with Gasteiger partial charge in [0.15, 0.2) is 0 Å². The summed E-state index contributed by atoms with van der Waals surface area (Å²) in [6.45, 7) is 8.39. The number of hydrogen-bond acceptors (Lipinski definition) is 4. The van der Waals surface area contributed by atoms with Gasteiger partial charge in [0.25, 0.3) is 11.8 Å². The van der Waals surface area contributed by atoms with Gasteiger partial charge in [-0.1, -0.05) is 12.1 Å². The first-order valence-electron chi connectivity index (χ1n) is 12.2. The average molecular weight is 493 g/mol. The number of aryl methyl sites for hydroxylation is 1.